The van der Waals surface area contributed by atoms with Crippen LogP contribution in [0.15, 0.2) is 16.5 Å². The van der Waals surface area contributed by atoms with Crippen LogP contribution in [-0.4, -0.2) is 44.7 Å². The predicted molar refractivity (Wildman–Crippen MR) is 98.6 cm³/mol. The largest absolute Gasteiger partial charge is 0.591 e. The first-order valence-electron chi connectivity index (χ1n) is 8.59. The number of allylic oxidation sites excluding steroid dienone is 2. The molecule has 1 aliphatic heterocycles. The maximum atomic E-state index is 12.4. The molecule has 1 aliphatic carbocycles. The van der Waals surface area contributed by atoms with Crippen LogP contribution in [0.1, 0.15) is 60.8 Å². The van der Waals surface area contributed by atoms with E-state index in [0.29, 0.717) is 13.1 Å². The second-order valence-electron chi connectivity index (χ2n) is 8.69. The minimum atomic E-state index is -1.25. The van der Waals surface area contributed by atoms with Crippen LogP contribution in [0.3, 0.4) is 0 Å². The van der Waals surface area contributed by atoms with Gasteiger partial charge < -0.3 is 14.2 Å². The maximum Gasteiger partial charge on any atom is 0.410 e. The first-order valence-corrected chi connectivity index (χ1v) is 9.69. The molecule has 0 saturated carbocycles. The van der Waals surface area contributed by atoms with E-state index >= 15 is 0 Å². The molecule has 6 heteroatoms. The molecule has 0 radical (unpaired) electrons. The van der Waals surface area contributed by atoms with E-state index in [2.05, 4.69) is 10.5 Å². The van der Waals surface area contributed by atoms with Crippen LogP contribution >= 0.6 is 0 Å². The van der Waals surface area contributed by atoms with E-state index in [1.807, 2.05) is 47.6 Å². The summed E-state index contributed by atoms with van der Waals surface area (Å²) in [6.45, 7) is 12.7. The molecule has 24 heavy (non-hydrogen) atoms. The molecule has 1 fully saturated rings. The van der Waals surface area contributed by atoms with Crippen LogP contribution in [0.25, 0.3) is 0 Å². The molecule has 0 aromatic heterocycles. The number of carbonyl (C=O) groups excluding carboxylic acids is 1. The summed E-state index contributed by atoms with van der Waals surface area (Å²) >= 11 is -1.25. The lowest BCUT2D eigenvalue weighted by Gasteiger charge is -2.39. The topological polar surface area (TPSA) is 65.0 Å². The monoisotopic (exact) mass is 354 g/mol. The second kappa shape index (κ2) is 6.71. The molecule has 1 unspecified atom stereocenters. The summed E-state index contributed by atoms with van der Waals surface area (Å²) in [4.78, 5) is 14.0. The van der Waals surface area contributed by atoms with Crippen molar-refractivity contribution in [3.05, 3.63) is 12.2 Å². The summed E-state index contributed by atoms with van der Waals surface area (Å²) in [5, 5.41) is 0. The van der Waals surface area contributed by atoms with Crippen LogP contribution in [0.5, 0.6) is 0 Å². The lowest BCUT2D eigenvalue weighted by molar-refractivity contribution is 0.0160. The van der Waals surface area contributed by atoms with Crippen molar-refractivity contribution in [2.75, 3.05) is 13.1 Å². The van der Waals surface area contributed by atoms with E-state index in [1.165, 1.54) is 0 Å². The fourth-order valence-corrected chi connectivity index (χ4v) is 3.64. The molecule has 136 valence electrons. The first-order chi connectivity index (χ1) is 10.9. The lowest BCUT2D eigenvalue weighted by atomic mass is 9.75. The van der Waals surface area contributed by atoms with Gasteiger partial charge in [-0.05, 0) is 66.9 Å². The summed E-state index contributed by atoms with van der Waals surface area (Å²) in [7, 11) is 0. The van der Waals surface area contributed by atoms with Crippen LogP contribution in [0.4, 0.5) is 4.79 Å². The summed E-state index contributed by atoms with van der Waals surface area (Å²) in [6.07, 6.45) is 6.45. The molecule has 1 spiro atoms. The molecule has 2 aliphatic rings. The van der Waals surface area contributed by atoms with Gasteiger partial charge in [0.1, 0.15) is 21.7 Å². The van der Waals surface area contributed by atoms with Gasteiger partial charge in [0.05, 0.1) is 5.71 Å². The Hall–Kier alpha value is -1.01. The van der Waals surface area contributed by atoms with Gasteiger partial charge >= 0.3 is 6.09 Å². The quantitative estimate of drug-likeness (QED) is 0.672. The average molecular weight is 355 g/mol. The van der Waals surface area contributed by atoms with Crippen molar-refractivity contribution in [2.45, 2.75) is 71.2 Å². The van der Waals surface area contributed by atoms with Crippen molar-refractivity contribution in [3.63, 3.8) is 0 Å². The number of hydrogen-bond donors (Lipinski definition) is 0. The highest BCUT2D eigenvalue weighted by molar-refractivity contribution is 7.91. The van der Waals surface area contributed by atoms with Crippen LogP contribution < -0.4 is 0 Å². The Balaban J connectivity index is 2.04. The molecular formula is C18H30N2O3S. The Kier molecular flexibility index (Phi) is 5.40. The minimum Gasteiger partial charge on any atom is -0.591 e. The van der Waals surface area contributed by atoms with Gasteiger partial charge in [-0.15, -0.1) is 0 Å². The Labute approximate surface area is 148 Å². The van der Waals surface area contributed by atoms with Crippen molar-refractivity contribution in [2.24, 2.45) is 9.81 Å². The predicted octanol–water partition coefficient (Wildman–Crippen LogP) is 3.87. The van der Waals surface area contributed by atoms with E-state index in [9.17, 15) is 9.35 Å². The van der Waals surface area contributed by atoms with Crippen molar-refractivity contribution >= 4 is 23.2 Å². The molecule has 1 atom stereocenters. The van der Waals surface area contributed by atoms with Crippen molar-refractivity contribution in [3.8, 4) is 0 Å². The zero-order valence-corrected chi connectivity index (χ0v) is 16.5. The van der Waals surface area contributed by atoms with Gasteiger partial charge in [0.25, 0.3) is 0 Å². The summed E-state index contributed by atoms with van der Waals surface area (Å²) in [5.41, 5.74) is 0.385. The lowest BCUT2D eigenvalue weighted by Crippen LogP contribution is -2.47. The Morgan fingerprint density at radius 1 is 1.25 bits per heavy atom. The van der Waals surface area contributed by atoms with E-state index in [4.69, 9.17) is 4.74 Å². The zero-order valence-electron chi connectivity index (χ0n) is 15.7. The SMILES string of the molecule is CC(C)(C)OC(=O)N1CCC2(CC=CC2=N[S+]([O-])C(C)(C)C)CC1. The van der Waals surface area contributed by atoms with Crippen molar-refractivity contribution in [1.29, 1.82) is 0 Å². The van der Waals surface area contributed by atoms with Gasteiger partial charge in [0, 0.05) is 18.5 Å². The standard InChI is InChI=1S/C18H30N2O3S/c1-16(2,3)23-15(21)20-12-10-18(11-13-20)9-7-8-14(18)19-24(22)17(4,5)6/h7-8H,9-13H2,1-6H3. The Morgan fingerprint density at radius 3 is 2.33 bits per heavy atom. The molecular weight excluding hydrogens is 324 g/mol. The molecule has 0 aromatic carbocycles. The molecule has 1 heterocycles. The summed E-state index contributed by atoms with van der Waals surface area (Å²) in [5.74, 6) is 0. The van der Waals surface area contributed by atoms with Gasteiger partial charge in [-0.2, -0.15) is 0 Å². The van der Waals surface area contributed by atoms with E-state index < -0.39 is 17.0 Å². The van der Waals surface area contributed by atoms with Crippen LogP contribution in [0.2, 0.25) is 0 Å². The maximum absolute atomic E-state index is 12.4. The van der Waals surface area contributed by atoms with Gasteiger partial charge in [-0.1, -0.05) is 10.5 Å². The summed E-state index contributed by atoms with van der Waals surface area (Å²) in [6, 6.07) is 0. The number of amides is 1. The van der Waals surface area contributed by atoms with Crippen LogP contribution in [-0.2, 0) is 16.1 Å². The van der Waals surface area contributed by atoms with E-state index in [-0.39, 0.29) is 16.3 Å². The van der Waals surface area contributed by atoms with Crippen molar-refractivity contribution in [1.82, 2.24) is 4.90 Å². The highest BCUT2D eigenvalue weighted by Crippen LogP contribution is 2.42. The fraction of sp³-hybridized carbons (Fsp3) is 0.778. The number of likely N-dealkylation sites (tertiary alicyclic amines) is 1. The van der Waals surface area contributed by atoms with Crippen LogP contribution in [0, 0.1) is 5.41 Å². The molecule has 0 aromatic rings. The third-order valence-electron chi connectivity index (χ3n) is 4.41. The highest BCUT2D eigenvalue weighted by Gasteiger charge is 2.43. The number of ether oxygens (including phenoxy) is 1. The number of carbonyl (C=O) groups is 1. The molecule has 2 rings (SSSR count). The molecule has 1 saturated heterocycles. The average Bonchev–Trinajstić information content (AvgIpc) is 2.79. The van der Waals surface area contributed by atoms with E-state index in [0.717, 1.165) is 25.0 Å². The fourth-order valence-electron chi connectivity index (χ4n) is 2.94. The van der Waals surface area contributed by atoms with Gasteiger partial charge in [-0.3, -0.25) is 0 Å². The minimum absolute atomic E-state index is 0.0700. The Bertz CT molecular complexity index is 535. The number of nitrogens with zero attached hydrogens (tertiary/aromatic N) is 2. The van der Waals surface area contributed by atoms with Gasteiger partial charge in [-0.25, -0.2) is 4.79 Å². The second-order valence-corrected chi connectivity index (χ2v) is 10.6. The normalized spacial score (nSPS) is 23.8. The highest BCUT2D eigenvalue weighted by atomic mass is 32.2. The third-order valence-corrected chi connectivity index (χ3v) is 5.82. The number of hydrogen-bond acceptors (Lipinski definition) is 4. The summed E-state index contributed by atoms with van der Waals surface area (Å²) < 4.78 is 22.0. The number of piperidine rings is 1. The Morgan fingerprint density at radius 2 is 1.83 bits per heavy atom. The molecule has 5 nitrogen and oxygen atoms in total. The first kappa shape index (κ1) is 19.3. The van der Waals surface area contributed by atoms with Gasteiger partial charge in [0.15, 0.2) is 0 Å². The number of rotatable bonds is 1. The van der Waals surface area contributed by atoms with E-state index in [1.54, 1.807) is 4.90 Å². The van der Waals surface area contributed by atoms with Crippen molar-refractivity contribution < 1.29 is 14.1 Å². The molecule has 0 N–H and O–H groups in total. The smallest absolute Gasteiger partial charge is 0.410 e. The molecule has 0 bridgehead atoms. The molecule has 1 amide bonds. The van der Waals surface area contributed by atoms with Gasteiger partial charge in [0.2, 0.25) is 0 Å². The zero-order chi connectivity index (χ0) is 18.2. The third kappa shape index (κ3) is 4.54.